The lowest BCUT2D eigenvalue weighted by Crippen LogP contribution is -2.45. The zero-order valence-electron chi connectivity index (χ0n) is 16.0. The highest BCUT2D eigenvalue weighted by Crippen LogP contribution is 2.50. The SMILES string of the molecule is O=[S+][C@@H]1CC(C(=O)O)N(C(=O)CNC(=O)c2ccc3c(c2)-c2ccccc2C3(F)F)C1. The Labute approximate surface area is 179 Å². The zero-order valence-corrected chi connectivity index (χ0v) is 16.8. The van der Waals surface area contributed by atoms with Gasteiger partial charge in [0.1, 0.15) is 6.04 Å². The largest absolute Gasteiger partial charge is 0.480 e. The van der Waals surface area contributed by atoms with E-state index < -0.39 is 41.5 Å². The molecule has 0 aromatic heterocycles. The number of carboxylic acids is 1. The average Bonchev–Trinajstić information content (AvgIpc) is 3.30. The average molecular weight is 447 g/mol. The predicted molar refractivity (Wildman–Crippen MR) is 107 cm³/mol. The van der Waals surface area contributed by atoms with Crippen LogP contribution >= 0.6 is 0 Å². The van der Waals surface area contributed by atoms with Crippen molar-refractivity contribution in [3.63, 3.8) is 0 Å². The third-order valence-electron chi connectivity index (χ3n) is 5.58. The first-order valence-corrected chi connectivity index (χ1v) is 10.3. The second kappa shape index (κ2) is 7.77. The summed E-state index contributed by atoms with van der Waals surface area (Å²) >= 11 is 0.246. The number of carbonyl (C=O) groups is 3. The molecule has 1 unspecified atom stereocenters. The second-order valence-corrected chi connectivity index (χ2v) is 8.28. The standard InChI is InChI=1S/C21H16F2N2O5S/c22-21(23)15-4-2-1-3-13(15)14-7-11(5-6-16(14)21)19(27)24-9-18(26)25-10-12(31-30)8-17(25)20(28)29/h1-7,12,17H,8-10H2,(H-,24,27,28,29)/p+1/t12-,17?/m1/s1. The maximum atomic E-state index is 14.6. The van der Waals surface area contributed by atoms with Crippen molar-refractivity contribution >= 4 is 29.5 Å². The predicted octanol–water partition coefficient (Wildman–Crippen LogP) is 2.02. The molecule has 1 heterocycles. The summed E-state index contributed by atoms with van der Waals surface area (Å²) < 4.78 is 40.3. The van der Waals surface area contributed by atoms with Gasteiger partial charge >= 0.3 is 17.6 Å². The third-order valence-corrected chi connectivity index (χ3v) is 6.19. The van der Waals surface area contributed by atoms with Crippen LogP contribution in [0.5, 0.6) is 0 Å². The molecule has 4 rings (SSSR count). The minimum absolute atomic E-state index is 0.00938. The number of amides is 2. The van der Waals surface area contributed by atoms with E-state index in [-0.39, 0.29) is 46.9 Å². The van der Waals surface area contributed by atoms with Gasteiger partial charge in [0.2, 0.25) is 5.91 Å². The van der Waals surface area contributed by atoms with E-state index in [1.165, 1.54) is 30.3 Å². The van der Waals surface area contributed by atoms with E-state index >= 15 is 0 Å². The van der Waals surface area contributed by atoms with Crippen molar-refractivity contribution in [1.82, 2.24) is 10.2 Å². The minimum atomic E-state index is -3.16. The molecule has 2 aromatic carbocycles. The van der Waals surface area contributed by atoms with Gasteiger partial charge in [0.15, 0.2) is 0 Å². The molecular formula is C21H17F2N2O5S+. The lowest BCUT2D eigenvalue weighted by atomic mass is 10.0. The maximum Gasteiger partial charge on any atom is 0.464 e. The smallest absolute Gasteiger partial charge is 0.464 e. The van der Waals surface area contributed by atoms with E-state index in [1.54, 1.807) is 12.1 Å². The third kappa shape index (κ3) is 3.56. The van der Waals surface area contributed by atoms with Crippen LogP contribution in [0.2, 0.25) is 0 Å². The summed E-state index contributed by atoms with van der Waals surface area (Å²) in [6, 6.07) is 8.76. The molecule has 0 saturated carbocycles. The number of hydrogen-bond donors (Lipinski definition) is 2. The molecule has 1 aliphatic heterocycles. The molecule has 2 aliphatic rings. The van der Waals surface area contributed by atoms with E-state index in [1.807, 2.05) is 0 Å². The van der Waals surface area contributed by atoms with Crippen LogP contribution in [0.1, 0.15) is 27.9 Å². The molecule has 1 aliphatic carbocycles. The van der Waals surface area contributed by atoms with Crippen molar-refractivity contribution in [2.24, 2.45) is 0 Å². The van der Waals surface area contributed by atoms with E-state index in [0.717, 1.165) is 4.90 Å². The Morgan fingerprint density at radius 2 is 1.84 bits per heavy atom. The lowest BCUT2D eigenvalue weighted by molar-refractivity contribution is -0.147. The van der Waals surface area contributed by atoms with Crippen LogP contribution in [0.4, 0.5) is 8.78 Å². The quantitative estimate of drug-likeness (QED) is 0.683. The number of nitrogens with one attached hydrogen (secondary N) is 1. The monoisotopic (exact) mass is 447 g/mol. The number of benzene rings is 2. The Kier molecular flexibility index (Phi) is 5.26. The Balaban J connectivity index is 1.49. The van der Waals surface area contributed by atoms with Crippen LogP contribution in [0.25, 0.3) is 11.1 Å². The molecule has 10 heteroatoms. The molecule has 2 N–H and O–H groups in total. The van der Waals surface area contributed by atoms with E-state index in [9.17, 15) is 32.5 Å². The van der Waals surface area contributed by atoms with Crippen LogP contribution in [-0.2, 0) is 31.4 Å². The number of carbonyl (C=O) groups excluding carboxylic acids is 2. The number of fused-ring (bicyclic) bond motifs is 3. The molecule has 31 heavy (non-hydrogen) atoms. The van der Waals surface area contributed by atoms with Gasteiger partial charge in [0.25, 0.3) is 17.1 Å². The molecule has 2 atom stereocenters. The van der Waals surface area contributed by atoms with Gasteiger partial charge in [-0.05, 0) is 23.3 Å². The van der Waals surface area contributed by atoms with Crippen molar-refractivity contribution in [3.05, 3.63) is 59.2 Å². The van der Waals surface area contributed by atoms with Crippen LogP contribution in [-0.4, -0.2) is 52.2 Å². The van der Waals surface area contributed by atoms with Gasteiger partial charge in [-0.15, -0.1) is 0 Å². The van der Waals surface area contributed by atoms with Gasteiger partial charge < -0.3 is 15.3 Å². The van der Waals surface area contributed by atoms with Crippen molar-refractivity contribution in [1.29, 1.82) is 0 Å². The number of aliphatic carboxylic acids is 1. The molecule has 160 valence electrons. The fourth-order valence-electron chi connectivity index (χ4n) is 4.06. The number of alkyl halides is 2. The summed E-state index contributed by atoms with van der Waals surface area (Å²) in [5, 5.41) is 11.1. The molecular weight excluding hydrogens is 430 g/mol. The minimum Gasteiger partial charge on any atom is -0.480 e. The Bertz CT molecular complexity index is 1110. The van der Waals surface area contributed by atoms with Gasteiger partial charge in [0, 0.05) is 27.3 Å². The zero-order chi connectivity index (χ0) is 22.3. The molecule has 1 saturated heterocycles. The molecule has 1 fully saturated rings. The van der Waals surface area contributed by atoms with Crippen LogP contribution in [0, 0.1) is 0 Å². The second-order valence-electron chi connectivity index (χ2n) is 7.42. The number of carboxylic acid groups (broad SMARTS) is 1. The Hall–Kier alpha value is -3.27. The summed E-state index contributed by atoms with van der Waals surface area (Å²) in [6.07, 6.45) is 0.0433. The maximum absolute atomic E-state index is 14.6. The van der Waals surface area contributed by atoms with E-state index in [2.05, 4.69) is 5.32 Å². The van der Waals surface area contributed by atoms with Gasteiger partial charge in [-0.3, -0.25) is 9.59 Å². The summed E-state index contributed by atoms with van der Waals surface area (Å²) in [7, 11) is 0. The van der Waals surface area contributed by atoms with Crippen molar-refractivity contribution < 1.29 is 32.5 Å². The summed E-state index contributed by atoms with van der Waals surface area (Å²) in [6.45, 7) is -0.479. The number of halogens is 2. The molecule has 7 nitrogen and oxygen atoms in total. The highest BCUT2D eigenvalue weighted by molar-refractivity contribution is 7.66. The van der Waals surface area contributed by atoms with Gasteiger partial charge in [-0.25, -0.2) is 4.79 Å². The fourth-order valence-corrected chi connectivity index (χ4v) is 4.54. The molecule has 0 radical (unpaired) electrons. The summed E-state index contributed by atoms with van der Waals surface area (Å²) in [5.41, 5.74) is 0.375. The summed E-state index contributed by atoms with van der Waals surface area (Å²) in [5.74, 6) is -5.65. The van der Waals surface area contributed by atoms with E-state index in [4.69, 9.17) is 0 Å². The van der Waals surface area contributed by atoms with Crippen molar-refractivity contribution in [2.45, 2.75) is 23.6 Å². The molecule has 0 bridgehead atoms. The van der Waals surface area contributed by atoms with Gasteiger partial charge in [-0.1, -0.05) is 30.3 Å². The molecule has 0 spiro atoms. The first-order chi connectivity index (χ1) is 14.7. The van der Waals surface area contributed by atoms with E-state index in [0.29, 0.717) is 5.56 Å². The van der Waals surface area contributed by atoms with Crippen LogP contribution < -0.4 is 5.32 Å². The highest BCUT2D eigenvalue weighted by atomic mass is 32.1. The first kappa shape index (κ1) is 21.0. The lowest BCUT2D eigenvalue weighted by Gasteiger charge is -2.20. The van der Waals surface area contributed by atoms with Crippen LogP contribution in [0.15, 0.2) is 42.5 Å². The number of rotatable bonds is 5. The molecule has 2 aromatic rings. The van der Waals surface area contributed by atoms with Crippen molar-refractivity contribution in [2.75, 3.05) is 13.1 Å². The van der Waals surface area contributed by atoms with Gasteiger partial charge in [0.05, 0.1) is 13.1 Å². The number of hydrogen-bond acceptors (Lipinski definition) is 4. The number of likely N-dealkylation sites (tertiary alicyclic amines) is 1. The topological polar surface area (TPSA) is 104 Å². The number of nitrogens with zero attached hydrogens (tertiary/aromatic N) is 1. The van der Waals surface area contributed by atoms with Crippen molar-refractivity contribution in [3.8, 4) is 11.1 Å². The molecule has 2 amide bonds. The fraction of sp³-hybridized carbons (Fsp3) is 0.286. The first-order valence-electron chi connectivity index (χ1n) is 9.45. The van der Waals surface area contributed by atoms with Crippen LogP contribution in [0.3, 0.4) is 0 Å². The highest BCUT2D eigenvalue weighted by Gasteiger charge is 2.46. The van der Waals surface area contributed by atoms with Gasteiger partial charge in [-0.2, -0.15) is 8.78 Å². The Morgan fingerprint density at radius 1 is 1.13 bits per heavy atom. The summed E-state index contributed by atoms with van der Waals surface area (Å²) in [4.78, 5) is 37.4. The normalized spacial score (nSPS) is 20.6. The Morgan fingerprint density at radius 3 is 2.55 bits per heavy atom.